The molecule has 0 fully saturated rings. The Kier molecular flexibility index (Phi) is 8.13. The van der Waals surface area contributed by atoms with Gasteiger partial charge in [0, 0.05) is 25.3 Å². The van der Waals surface area contributed by atoms with Crippen molar-refractivity contribution in [3.05, 3.63) is 41.5 Å². The molecule has 9 heteroatoms. The molecule has 0 radical (unpaired) electrons. The van der Waals surface area contributed by atoms with E-state index in [0.717, 1.165) is 30.0 Å². The van der Waals surface area contributed by atoms with E-state index < -0.39 is 0 Å². The lowest BCUT2D eigenvalue weighted by Gasteiger charge is -2.24. The summed E-state index contributed by atoms with van der Waals surface area (Å²) in [4.78, 5) is 21.8. The molecule has 0 saturated heterocycles. The van der Waals surface area contributed by atoms with E-state index in [-0.39, 0.29) is 24.1 Å². The van der Waals surface area contributed by atoms with Crippen LogP contribution in [0.5, 0.6) is 0 Å². The van der Waals surface area contributed by atoms with Crippen LogP contribution in [-0.4, -0.2) is 51.8 Å². The molecule has 0 saturated carbocycles. The first-order valence-corrected chi connectivity index (χ1v) is 10.4. The predicted molar refractivity (Wildman–Crippen MR) is 119 cm³/mol. The van der Waals surface area contributed by atoms with E-state index >= 15 is 0 Å². The molecule has 0 atom stereocenters. The minimum Gasteiger partial charge on any atom is -0.302 e. The summed E-state index contributed by atoms with van der Waals surface area (Å²) in [6, 6.07) is 6.30. The maximum Gasteiger partial charge on any atom is 0.280 e. The lowest BCUT2D eigenvalue weighted by molar-refractivity contribution is 0.0978. The number of hydrogen-bond acceptors (Lipinski definition) is 5. The molecule has 2 aromatic heterocycles. The number of hydrogen-bond donors (Lipinski definition) is 0. The van der Waals surface area contributed by atoms with Crippen LogP contribution in [-0.2, 0) is 6.54 Å². The van der Waals surface area contributed by atoms with Crippen LogP contribution in [0.3, 0.4) is 0 Å². The van der Waals surface area contributed by atoms with Gasteiger partial charge in [0.25, 0.3) is 5.91 Å². The molecule has 0 aliphatic heterocycles. The smallest absolute Gasteiger partial charge is 0.280 e. The van der Waals surface area contributed by atoms with Gasteiger partial charge in [-0.2, -0.15) is 5.10 Å². The van der Waals surface area contributed by atoms with E-state index in [1.54, 1.807) is 11.0 Å². The van der Waals surface area contributed by atoms with Crippen LogP contribution in [0.2, 0.25) is 0 Å². The lowest BCUT2D eigenvalue weighted by atomic mass is 10.3. The number of likely N-dealkylation sites (N-methyl/N-ethyl adjacent to an activating group) is 1. The van der Waals surface area contributed by atoms with Crippen LogP contribution in [0.25, 0.3) is 10.2 Å². The monoisotopic (exact) mass is 439 g/mol. The number of fused-ring (bicyclic) bond motifs is 1. The molecule has 0 aliphatic rings. The third-order valence-electron chi connectivity index (χ3n) is 4.85. The lowest BCUT2D eigenvalue weighted by Crippen LogP contribution is -2.39. The van der Waals surface area contributed by atoms with E-state index in [2.05, 4.69) is 28.8 Å². The number of anilines is 1. The highest BCUT2D eigenvalue weighted by molar-refractivity contribution is 7.22. The summed E-state index contributed by atoms with van der Waals surface area (Å²) in [5.41, 5.74) is 2.04. The number of rotatable bonds is 8. The number of nitrogens with zero attached hydrogens (tertiary/aromatic N) is 5. The Balaban J connectivity index is 0.00000300. The Labute approximate surface area is 180 Å². The summed E-state index contributed by atoms with van der Waals surface area (Å²) < 4.78 is 16.1. The van der Waals surface area contributed by atoms with Gasteiger partial charge in [-0.1, -0.05) is 25.2 Å². The molecule has 1 amide bonds. The Morgan fingerprint density at radius 1 is 1.17 bits per heavy atom. The molecule has 1 aromatic carbocycles. The molecule has 2 heterocycles. The molecule has 0 aliphatic carbocycles. The van der Waals surface area contributed by atoms with E-state index in [9.17, 15) is 9.18 Å². The van der Waals surface area contributed by atoms with E-state index in [1.807, 2.05) is 24.6 Å². The standard InChI is InChI=1S/C20H26FN5OS.ClH/c1-5-24(6-2)10-11-25(19(27)17-12-14(4)26(7-3)23-17)20-22-16-9-8-15(21)13-18(16)28-20;/h8-9,12-13H,5-7,10-11H2,1-4H3;1H. The van der Waals surface area contributed by atoms with Crippen molar-refractivity contribution < 1.29 is 9.18 Å². The Bertz CT molecular complexity index is 969. The van der Waals surface area contributed by atoms with Gasteiger partial charge in [-0.15, -0.1) is 12.4 Å². The van der Waals surface area contributed by atoms with Crippen LogP contribution in [0.4, 0.5) is 9.52 Å². The fourth-order valence-corrected chi connectivity index (χ4v) is 4.15. The van der Waals surface area contributed by atoms with Crippen LogP contribution in [0, 0.1) is 12.7 Å². The summed E-state index contributed by atoms with van der Waals surface area (Å²) in [5.74, 6) is -0.483. The van der Waals surface area contributed by atoms with Crippen molar-refractivity contribution in [2.24, 2.45) is 0 Å². The third-order valence-corrected chi connectivity index (χ3v) is 5.89. The first-order valence-electron chi connectivity index (χ1n) is 9.61. The molecule has 3 rings (SSSR count). The van der Waals surface area contributed by atoms with Crippen LogP contribution < -0.4 is 4.90 Å². The topological polar surface area (TPSA) is 54.3 Å². The normalized spacial score (nSPS) is 11.1. The SMILES string of the molecule is CCN(CC)CCN(C(=O)c1cc(C)n(CC)n1)c1nc2ccc(F)cc2s1.Cl. The number of thiazole rings is 1. The van der Waals surface area contributed by atoms with Gasteiger partial charge in [0.15, 0.2) is 10.8 Å². The van der Waals surface area contributed by atoms with Crippen LogP contribution in [0.1, 0.15) is 37.0 Å². The minimum absolute atomic E-state index is 0. The van der Waals surface area contributed by atoms with Gasteiger partial charge < -0.3 is 4.90 Å². The van der Waals surface area contributed by atoms with Crippen LogP contribution >= 0.6 is 23.7 Å². The average molecular weight is 440 g/mol. The van der Waals surface area contributed by atoms with Gasteiger partial charge >= 0.3 is 0 Å². The average Bonchev–Trinajstić information content (AvgIpc) is 3.27. The van der Waals surface area contributed by atoms with Gasteiger partial charge in [0.05, 0.1) is 10.2 Å². The van der Waals surface area contributed by atoms with Gasteiger partial charge in [-0.3, -0.25) is 14.4 Å². The molecule has 0 spiro atoms. The maximum absolute atomic E-state index is 13.6. The predicted octanol–water partition coefficient (Wildman–Crippen LogP) is 4.37. The molecule has 0 unspecified atom stereocenters. The Hall–Kier alpha value is -2.03. The first-order chi connectivity index (χ1) is 13.5. The summed E-state index contributed by atoms with van der Waals surface area (Å²) in [6.07, 6.45) is 0. The number of halogens is 2. The quantitative estimate of drug-likeness (QED) is 0.523. The highest BCUT2D eigenvalue weighted by Gasteiger charge is 2.24. The fourth-order valence-electron chi connectivity index (χ4n) is 3.14. The molecule has 3 aromatic rings. The first kappa shape index (κ1) is 23.3. The Morgan fingerprint density at radius 2 is 1.90 bits per heavy atom. The number of amides is 1. The van der Waals surface area contributed by atoms with Crippen molar-refractivity contribution in [1.29, 1.82) is 0 Å². The summed E-state index contributed by atoms with van der Waals surface area (Å²) in [6.45, 7) is 11.9. The van der Waals surface area contributed by atoms with Crippen molar-refractivity contribution in [3.63, 3.8) is 0 Å². The van der Waals surface area contributed by atoms with Gasteiger partial charge in [-0.05, 0) is 51.2 Å². The van der Waals surface area contributed by atoms with Gasteiger partial charge in [0.1, 0.15) is 5.82 Å². The highest BCUT2D eigenvalue weighted by atomic mass is 35.5. The van der Waals surface area contributed by atoms with E-state index in [1.165, 1.54) is 23.5 Å². The number of aryl methyl sites for hydroxylation is 2. The number of aromatic nitrogens is 3. The zero-order valence-electron chi connectivity index (χ0n) is 17.2. The van der Waals surface area contributed by atoms with Crippen molar-refractivity contribution in [3.8, 4) is 0 Å². The molecule has 6 nitrogen and oxygen atoms in total. The summed E-state index contributed by atoms with van der Waals surface area (Å²) >= 11 is 1.33. The zero-order chi connectivity index (χ0) is 20.3. The molecular formula is C20H27ClFN5OS. The number of carbonyl (C=O) groups excluding carboxylic acids is 1. The van der Waals surface area contributed by atoms with Gasteiger partial charge in [-0.25, -0.2) is 9.37 Å². The van der Waals surface area contributed by atoms with Crippen molar-refractivity contribution in [1.82, 2.24) is 19.7 Å². The highest BCUT2D eigenvalue weighted by Crippen LogP contribution is 2.30. The summed E-state index contributed by atoms with van der Waals surface area (Å²) in [7, 11) is 0. The number of benzene rings is 1. The van der Waals surface area contributed by atoms with Crippen molar-refractivity contribution in [2.75, 3.05) is 31.1 Å². The zero-order valence-corrected chi connectivity index (χ0v) is 18.8. The molecule has 29 heavy (non-hydrogen) atoms. The molecular weight excluding hydrogens is 413 g/mol. The Morgan fingerprint density at radius 3 is 2.52 bits per heavy atom. The van der Waals surface area contributed by atoms with E-state index in [4.69, 9.17) is 0 Å². The summed E-state index contributed by atoms with van der Waals surface area (Å²) in [5, 5.41) is 5.01. The van der Waals surface area contributed by atoms with Crippen molar-refractivity contribution >= 4 is 45.0 Å². The van der Waals surface area contributed by atoms with Crippen LogP contribution in [0.15, 0.2) is 24.3 Å². The van der Waals surface area contributed by atoms with Crippen molar-refractivity contribution in [2.45, 2.75) is 34.2 Å². The molecule has 0 bridgehead atoms. The number of carbonyl (C=O) groups is 1. The molecule has 0 N–H and O–H groups in total. The third kappa shape index (κ3) is 5.12. The second-order valence-corrected chi connectivity index (χ2v) is 7.59. The minimum atomic E-state index is -0.305. The second kappa shape index (κ2) is 10.1. The largest absolute Gasteiger partial charge is 0.302 e. The fraction of sp³-hybridized carbons (Fsp3) is 0.450. The maximum atomic E-state index is 13.6. The second-order valence-electron chi connectivity index (χ2n) is 6.58. The molecule has 158 valence electrons. The van der Waals surface area contributed by atoms with E-state index in [0.29, 0.717) is 29.4 Å². The van der Waals surface area contributed by atoms with Gasteiger partial charge in [0.2, 0.25) is 0 Å².